The third-order valence-corrected chi connectivity index (χ3v) is 3.53. The molecule has 0 aliphatic carbocycles. The van der Waals surface area contributed by atoms with Gasteiger partial charge in [0.25, 0.3) is 5.91 Å². The lowest BCUT2D eigenvalue weighted by atomic mass is 10.1. The first-order chi connectivity index (χ1) is 10.1. The smallest absolute Gasteiger partial charge is 0.251 e. The summed E-state index contributed by atoms with van der Waals surface area (Å²) in [7, 11) is 3.91. The molecule has 0 spiro atoms. The highest BCUT2D eigenvalue weighted by atomic mass is 35.5. The standard InChI is InChI=1S/C17H19ClN2O/c1-20(2)16-8-4-7-15(10-16)17(21)19-12-14-6-3-5-13(9-14)11-18/h3-10H,11-12H2,1-2H3,(H,19,21). The molecular weight excluding hydrogens is 284 g/mol. The average Bonchev–Trinajstić information content (AvgIpc) is 2.53. The summed E-state index contributed by atoms with van der Waals surface area (Å²) >= 11 is 5.81. The number of anilines is 1. The van der Waals surface area contributed by atoms with Crippen LogP contribution in [0, 0.1) is 0 Å². The number of hydrogen-bond acceptors (Lipinski definition) is 2. The number of alkyl halides is 1. The number of hydrogen-bond donors (Lipinski definition) is 1. The molecule has 2 aromatic rings. The van der Waals surface area contributed by atoms with Crippen molar-refractivity contribution in [1.82, 2.24) is 5.32 Å². The summed E-state index contributed by atoms with van der Waals surface area (Å²) in [6, 6.07) is 15.5. The Hall–Kier alpha value is -2.00. The van der Waals surface area contributed by atoms with Crippen LogP contribution in [0.4, 0.5) is 5.69 Å². The van der Waals surface area contributed by atoms with Crippen molar-refractivity contribution in [3.63, 3.8) is 0 Å². The van der Waals surface area contributed by atoms with E-state index < -0.39 is 0 Å². The van der Waals surface area contributed by atoms with Crippen LogP contribution >= 0.6 is 11.6 Å². The van der Waals surface area contributed by atoms with Gasteiger partial charge in [0.1, 0.15) is 0 Å². The Kier molecular flexibility index (Phi) is 5.23. The van der Waals surface area contributed by atoms with E-state index in [4.69, 9.17) is 11.6 Å². The molecule has 0 saturated heterocycles. The lowest BCUT2D eigenvalue weighted by Gasteiger charge is -2.13. The summed E-state index contributed by atoms with van der Waals surface area (Å²) in [5.74, 6) is 0.405. The van der Waals surface area contributed by atoms with Crippen molar-refractivity contribution in [2.45, 2.75) is 12.4 Å². The quantitative estimate of drug-likeness (QED) is 0.858. The van der Waals surface area contributed by atoms with Crippen LogP contribution < -0.4 is 10.2 Å². The highest BCUT2D eigenvalue weighted by Crippen LogP contribution is 2.13. The lowest BCUT2D eigenvalue weighted by Crippen LogP contribution is -2.23. The van der Waals surface area contributed by atoms with Crippen LogP contribution in [-0.4, -0.2) is 20.0 Å². The highest BCUT2D eigenvalue weighted by molar-refractivity contribution is 6.17. The largest absolute Gasteiger partial charge is 0.378 e. The SMILES string of the molecule is CN(C)c1cccc(C(=O)NCc2cccc(CCl)c2)c1. The van der Waals surface area contributed by atoms with E-state index in [9.17, 15) is 4.79 Å². The van der Waals surface area contributed by atoms with Gasteiger partial charge in [-0.3, -0.25) is 4.79 Å². The number of halogens is 1. The Morgan fingerprint density at radius 3 is 2.52 bits per heavy atom. The summed E-state index contributed by atoms with van der Waals surface area (Å²) in [5, 5.41) is 2.93. The summed E-state index contributed by atoms with van der Waals surface area (Å²) in [6.07, 6.45) is 0. The van der Waals surface area contributed by atoms with Gasteiger partial charge in [-0.25, -0.2) is 0 Å². The molecular formula is C17H19ClN2O. The van der Waals surface area contributed by atoms with Crippen molar-refractivity contribution >= 4 is 23.2 Å². The monoisotopic (exact) mass is 302 g/mol. The molecule has 2 rings (SSSR count). The molecule has 21 heavy (non-hydrogen) atoms. The maximum absolute atomic E-state index is 12.2. The van der Waals surface area contributed by atoms with Crippen LogP contribution in [0.5, 0.6) is 0 Å². The molecule has 2 aromatic carbocycles. The predicted octanol–water partition coefficient (Wildman–Crippen LogP) is 3.42. The fourth-order valence-electron chi connectivity index (χ4n) is 2.03. The minimum atomic E-state index is -0.0741. The van der Waals surface area contributed by atoms with Crippen LogP contribution in [0.2, 0.25) is 0 Å². The van der Waals surface area contributed by atoms with Crippen molar-refractivity contribution in [1.29, 1.82) is 0 Å². The zero-order valence-corrected chi connectivity index (χ0v) is 13.0. The molecule has 0 unspecified atom stereocenters. The van der Waals surface area contributed by atoms with Gasteiger partial charge in [0, 0.05) is 37.8 Å². The predicted molar refractivity (Wildman–Crippen MR) is 87.9 cm³/mol. The Balaban J connectivity index is 2.02. The number of carbonyl (C=O) groups excluding carboxylic acids is 1. The summed E-state index contributed by atoms with van der Waals surface area (Å²) < 4.78 is 0. The summed E-state index contributed by atoms with van der Waals surface area (Å²) in [5.41, 5.74) is 3.77. The molecule has 0 heterocycles. The first kappa shape index (κ1) is 15.4. The van der Waals surface area contributed by atoms with Gasteiger partial charge in [0.15, 0.2) is 0 Å². The van der Waals surface area contributed by atoms with Gasteiger partial charge in [-0.15, -0.1) is 11.6 Å². The van der Waals surface area contributed by atoms with Crippen molar-refractivity contribution in [3.8, 4) is 0 Å². The van der Waals surface area contributed by atoms with E-state index in [-0.39, 0.29) is 5.91 Å². The molecule has 110 valence electrons. The number of nitrogens with zero attached hydrogens (tertiary/aromatic N) is 1. The number of amides is 1. The number of carbonyl (C=O) groups is 1. The van der Waals surface area contributed by atoms with Gasteiger partial charge in [-0.1, -0.05) is 30.3 Å². The van der Waals surface area contributed by atoms with E-state index in [1.807, 2.05) is 67.5 Å². The van der Waals surface area contributed by atoms with Gasteiger partial charge in [-0.2, -0.15) is 0 Å². The second kappa shape index (κ2) is 7.14. The molecule has 4 heteroatoms. The first-order valence-electron chi connectivity index (χ1n) is 6.79. The highest BCUT2D eigenvalue weighted by Gasteiger charge is 2.07. The van der Waals surface area contributed by atoms with Gasteiger partial charge in [0.05, 0.1) is 0 Å². The summed E-state index contributed by atoms with van der Waals surface area (Å²) in [4.78, 5) is 14.2. The maximum Gasteiger partial charge on any atom is 0.251 e. The Morgan fingerprint density at radius 2 is 1.81 bits per heavy atom. The fraction of sp³-hybridized carbons (Fsp3) is 0.235. The van der Waals surface area contributed by atoms with Crippen LogP contribution in [0.3, 0.4) is 0 Å². The molecule has 0 aliphatic heterocycles. The molecule has 0 aromatic heterocycles. The molecule has 3 nitrogen and oxygen atoms in total. The van der Waals surface area contributed by atoms with E-state index >= 15 is 0 Å². The Labute approximate surface area is 130 Å². The fourth-order valence-corrected chi connectivity index (χ4v) is 2.20. The van der Waals surface area contributed by atoms with Crippen LogP contribution in [-0.2, 0) is 12.4 Å². The molecule has 0 atom stereocenters. The van der Waals surface area contributed by atoms with E-state index in [0.717, 1.165) is 16.8 Å². The van der Waals surface area contributed by atoms with Gasteiger partial charge >= 0.3 is 0 Å². The van der Waals surface area contributed by atoms with Crippen LogP contribution in [0.25, 0.3) is 0 Å². The topological polar surface area (TPSA) is 32.3 Å². The van der Waals surface area contributed by atoms with Gasteiger partial charge in [0.2, 0.25) is 0 Å². The van der Waals surface area contributed by atoms with E-state index in [1.54, 1.807) is 0 Å². The zero-order chi connectivity index (χ0) is 15.2. The van der Waals surface area contributed by atoms with Gasteiger partial charge in [-0.05, 0) is 29.3 Å². The second-order valence-electron chi connectivity index (χ2n) is 5.08. The number of benzene rings is 2. The van der Waals surface area contributed by atoms with Crippen molar-refractivity contribution < 1.29 is 4.79 Å². The number of nitrogens with one attached hydrogen (secondary N) is 1. The first-order valence-corrected chi connectivity index (χ1v) is 7.33. The average molecular weight is 303 g/mol. The second-order valence-corrected chi connectivity index (χ2v) is 5.35. The number of rotatable bonds is 5. The third-order valence-electron chi connectivity index (χ3n) is 3.22. The molecule has 0 saturated carbocycles. The van der Waals surface area contributed by atoms with Crippen molar-refractivity contribution in [3.05, 3.63) is 65.2 Å². The normalized spacial score (nSPS) is 10.2. The molecule has 0 fully saturated rings. The van der Waals surface area contributed by atoms with Crippen molar-refractivity contribution in [2.24, 2.45) is 0 Å². The molecule has 0 bridgehead atoms. The van der Waals surface area contributed by atoms with E-state index in [2.05, 4.69) is 5.32 Å². The lowest BCUT2D eigenvalue weighted by molar-refractivity contribution is 0.0951. The van der Waals surface area contributed by atoms with Crippen LogP contribution in [0.1, 0.15) is 21.5 Å². The minimum Gasteiger partial charge on any atom is -0.378 e. The van der Waals surface area contributed by atoms with Crippen LogP contribution in [0.15, 0.2) is 48.5 Å². The molecule has 0 aliphatic rings. The molecule has 1 amide bonds. The minimum absolute atomic E-state index is 0.0741. The molecule has 1 N–H and O–H groups in total. The summed E-state index contributed by atoms with van der Waals surface area (Å²) in [6.45, 7) is 0.496. The maximum atomic E-state index is 12.2. The van der Waals surface area contributed by atoms with E-state index in [0.29, 0.717) is 18.0 Å². The molecule has 0 radical (unpaired) electrons. The van der Waals surface area contributed by atoms with Gasteiger partial charge < -0.3 is 10.2 Å². The zero-order valence-electron chi connectivity index (χ0n) is 12.3. The van der Waals surface area contributed by atoms with E-state index in [1.165, 1.54) is 0 Å². The van der Waals surface area contributed by atoms with Crippen molar-refractivity contribution in [2.75, 3.05) is 19.0 Å². The third kappa shape index (κ3) is 4.23. The Bertz CT molecular complexity index is 626. The Morgan fingerprint density at radius 1 is 1.10 bits per heavy atom.